The molecule has 0 aliphatic heterocycles. The molecule has 0 fully saturated rings. The van der Waals surface area contributed by atoms with Gasteiger partial charge < -0.3 is 4.42 Å². The summed E-state index contributed by atoms with van der Waals surface area (Å²) in [5.41, 5.74) is 1.81. The van der Waals surface area contributed by atoms with Gasteiger partial charge in [-0.25, -0.2) is 4.39 Å². The fourth-order valence-corrected chi connectivity index (χ4v) is 2.42. The van der Waals surface area contributed by atoms with Crippen LogP contribution in [0.25, 0.3) is 23.0 Å². The standard InChI is InChI=1S/C19H11ClFNO/c20-18-4-2-1-3-17(18)19-10-9-16(23-19)11-14(12-22)13-5-7-15(21)8-6-13/h1-11H/b14-11+. The maximum absolute atomic E-state index is 13.0. The minimum atomic E-state index is -0.343. The summed E-state index contributed by atoms with van der Waals surface area (Å²) in [5, 5.41) is 9.90. The van der Waals surface area contributed by atoms with E-state index in [1.807, 2.05) is 18.2 Å². The third-order valence-corrected chi connectivity index (χ3v) is 3.66. The molecule has 0 aliphatic carbocycles. The van der Waals surface area contributed by atoms with Crippen LogP contribution in [0.5, 0.6) is 0 Å². The van der Waals surface area contributed by atoms with Crippen LogP contribution in [-0.2, 0) is 0 Å². The highest BCUT2D eigenvalue weighted by Gasteiger charge is 2.08. The molecular weight excluding hydrogens is 313 g/mol. The number of nitriles is 1. The second-order valence-corrected chi connectivity index (χ2v) is 5.27. The van der Waals surface area contributed by atoms with Crippen molar-refractivity contribution >= 4 is 23.3 Å². The van der Waals surface area contributed by atoms with E-state index in [1.165, 1.54) is 12.1 Å². The number of benzene rings is 2. The van der Waals surface area contributed by atoms with Gasteiger partial charge in [0.2, 0.25) is 0 Å². The molecule has 0 unspecified atom stereocenters. The number of halogens is 2. The maximum Gasteiger partial charge on any atom is 0.136 e. The Bertz CT molecular complexity index is 904. The predicted molar refractivity (Wildman–Crippen MR) is 89.0 cm³/mol. The molecule has 0 N–H and O–H groups in total. The summed E-state index contributed by atoms with van der Waals surface area (Å²) < 4.78 is 18.7. The zero-order valence-electron chi connectivity index (χ0n) is 12.0. The van der Waals surface area contributed by atoms with Gasteiger partial charge in [0.05, 0.1) is 16.7 Å². The number of nitrogens with zero attached hydrogens (tertiary/aromatic N) is 1. The molecule has 0 spiro atoms. The molecule has 1 aromatic heterocycles. The van der Waals surface area contributed by atoms with Gasteiger partial charge in [0.1, 0.15) is 17.3 Å². The third kappa shape index (κ3) is 3.33. The SMILES string of the molecule is N#C/C(=C\c1ccc(-c2ccccc2Cl)o1)c1ccc(F)cc1. The molecule has 4 heteroatoms. The minimum absolute atomic E-state index is 0.343. The molecule has 2 nitrogen and oxygen atoms in total. The van der Waals surface area contributed by atoms with Crippen molar-refractivity contribution in [2.75, 3.05) is 0 Å². The Morgan fingerprint density at radius 3 is 2.48 bits per heavy atom. The average Bonchev–Trinajstić information content (AvgIpc) is 3.02. The molecule has 0 saturated heterocycles. The maximum atomic E-state index is 13.0. The van der Waals surface area contributed by atoms with E-state index in [0.717, 1.165) is 5.56 Å². The Hall–Kier alpha value is -2.83. The van der Waals surface area contributed by atoms with Crippen LogP contribution in [-0.4, -0.2) is 0 Å². The zero-order valence-corrected chi connectivity index (χ0v) is 12.7. The van der Waals surface area contributed by atoms with Crippen LogP contribution in [0.3, 0.4) is 0 Å². The van der Waals surface area contributed by atoms with Gasteiger partial charge in [0, 0.05) is 5.56 Å². The van der Waals surface area contributed by atoms with E-state index in [4.69, 9.17) is 16.0 Å². The molecule has 0 amide bonds. The summed E-state index contributed by atoms with van der Waals surface area (Å²) in [6.07, 6.45) is 1.62. The fraction of sp³-hybridized carbons (Fsp3) is 0. The molecule has 3 aromatic rings. The average molecular weight is 324 g/mol. The highest BCUT2D eigenvalue weighted by Crippen LogP contribution is 2.30. The zero-order chi connectivity index (χ0) is 16.2. The molecule has 0 bridgehead atoms. The summed E-state index contributed by atoms with van der Waals surface area (Å²) in [4.78, 5) is 0. The monoisotopic (exact) mass is 323 g/mol. The molecule has 0 atom stereocenters. The van der Waals surface area contributed by atoms with Crippen molar-refractivity contribution in [1.29, 1.82) is 5.26 Å². The molecule has 1 heterocycles. The van der Waals surface area contributed by atoms with E-state index in [2.05, 4.69) is 6.07 Å². The van der Waals surface area contributed by atoms with Crippen molar-refractivity contribution in [2.24, 2.45) is 0 Å². The van der Waals surface area contributed by atoms with Crippen molar-refractivity contribution in [3.8, 4) is 17.4 Å². The van der Waals surface area contributed by atoms with E-state index in [-0.39, 0.29) is 5.82 Å². The van der Waals surface area contributed by atoms with E-state index < -0.39 is 0 Å². The number of allylic oxidation sites excluding steroid dienone is 1. The fourth-order valence-electron chi connectivity index (χ4n) is 2.19. The Kier molecular flexibility index (Phi) is 4.27. The molecule has 0 radical (unpaired) electrons. The topological polar surface area (TPSA) is 36.9 Å². The first-order valence-electron chi connectivity index (χ1n) is 6.90. The van der Waals surface area contributed by atoms with Gasteiger partial charge in [-0.3, -0.25) is 0 Å². The third-order valence-electron chi connectivity index (χ3n) is 3.33. The number of furan rings is 1. The summed E-state index contributed by atoms with van der Waals surface area (Å²) >= 11 is 6.15. The molecule has 23 heavy (non-hydrogen) atoms. The smallest absolute Gasteiger partial charge is 0.136 e. The molecule has 3 rings (SSSR count). The van der Waals surface area contributed by atoms with E-state index in [9.17, 15) is 9.65 Å². The van der Waals surface area contributed by atoms with Gasteiger partial charge in [-0.2, -0.15) is 5.26 Å². The van der Waals surface area contributed by atoms with Gasteiger partial charge in [-0.15, -0.1) is 0 Å². The predicted octanol–water partition coefficient (Wildman–Crippen LogP) is 5.80. The minimum Gasteiger partial charge on any atom is -0.457 e. The second kappa shape index (κ2) is 6.51. The summed E-state index contributed by atoms with van der Waals surface area (Å²) in [6.45, 7) is 0. The van der Waals surface area contributed by atoms with Crippen LogP contribution in [0.1, 0.15) is 11.3 Å². The summed E-state index contributed by atoms with van der Waals surface area (Å²) in [7, 11) is 0. The Labute approximate surface area is 138 Å². The number of hydrogen-bond acceptors (Lipinski definition) is 2. The lowest BCUT2D eigenvalue weighted by Gasteiger charge is -2.00. The van der Waals surface area contributed by atoms with E-state index in [0.29, 0.717) is 27.7 Å². The molecule has 0 aliphatic rings. The van der Waals surface area contributed by atoms with E-state index >= 15 is 0 Å². The first-order chi connectivity index (χ1) is 11.2. The van der Waals surface area contributed by atoms with Crippen molar-refractivity contribution in [2.45, 2.75) is 0 Å². The Morgan fingerprint density at radius 1 is 1.04 bits per heavy atom. The highest BCUT2D eigenvalue weighted by molar-refractivity contribution is 6.33. The quantitative estimate of drug-likeness (QED) is 0.571. The summed E-state index contributed by atoms with van der Waals surface area (Å²) in [6, 6.07) is 18.8. The van der Waals surface area contributed by atoms with Crippen molar-refractivity contribution < 1.29 is 8.81 Å². The van der Waals surface area contributed by atoms with Crippen molar-refractivity contribution in [3.63, 3.8) is 0 Å². The molecular formula is C19H11ClFNO. The largest absolute Gasteiger partial charge is 0.457 e. The lowest BCUT2D eigenvalue weighted by atomic mass is 10.1. The van der Waals surface area contributed by atoms with Crippen LogP contribution < -0.4 is 0 Å². The normalized spacial score (nSPS) is 11.3. The Balaban J connectivity index is 1.95. The van der Waals surface area contributed by atoms with Gasteiger partial charge in [0.15, 0.2) is 0 Å². The van der Waals surface area contributed by atoms with Crippen LogP contribution >= 0.6 is 11.6 Å². The van der Waals surface area contributed by atoms with Crippen LogP contribution in [0.15, 0.2) is 65.1 Å². The molecule has 112 valence electrons. The number of hydrogen-bond donors (Lipinski definition) is 0. The van der Waals surface area contributed by atoms with Crippen molar-refractivity contribution in [3.05, 3.63) is 82.8 Å². The number of rotatable bonds is 3. The van der Waals surface area contributed by atoms with Gasteiger partial charge in [0.25, 0.3) is 0 Å². The Morgan fingerprint density at radius 2 is 1.78 bits per heavy atom. The first-order valence-corrected chi connectivity index (χ1v) is 7.27. The van der Waals surface area contributed by atoms with Crippen LogP contribution in [0.4, 0.5) is 4.39 Å². The molecule has 2 aromatic carbocycles. The molecule has 0 saturated carbocycles. The highest BCUT2D eigenvalue weighted by atomic mass is 35.5. The summed E-state index contributed by atoms with van der Waals surface area (Å²) in [5.74, 6) is 0.809. The lowest BCUT2D eigenvalue weighted by Crippen LogP contribution is -1.82. The second-order valence-electron chi connectivity index (χ2n) is 4.86. The first kappa shape index (κ1) is 15.1. The van der Waals surface area contributed by atoms with Crippen molar-refractivity contribution in [1.82, 2.24) is 0 Å². The van der Waals surface area contributed by atoms with Gasteiger partial charge in [-0.1, -0.05) is 35.9 Å². The van der Waals surface area contributed by atoms with Crippen LogP contribution in [0.2, 0.25) is 5.02 Å². The lowest BCUT2D eigenvalue weighted by molar-refractivity contribution is 0.572. The van der Waals surface area contributed by atoms with Gasteiger partial charge in [-0.05, 0) is 48.0 Å². The van der Waals surface area contributed by atoms with Gasteiger partial charge >= 0.3 is 0 Å². The van der Waals surface area contributed by atoms with E-state index in [1.54, 1.807) is 36.4 Å². The van der Waals surface area contributed by atoms with Crippen LogP contribution in [0, 0.1) is 17.1 Å².